The SMILES string of the molecule is CSc1nc2nc(C)c(CCC(=O)NCCN3C[C@@H](C)C[C@H](C)C3)c(C)n2n1. The fourth-order valence-electron chi connectivity index (χ4n) is 4.29. The lowest BCUT2D eigenvalue weighted by Gasteiger charge is -2.34. The van der Waals surface area contributed by atoms with Gasteiger partial charge in [-0.2, -0.15) is 4.98 Å². The van der Waals surface area contributed by atoms with Crippen LogP contribution in [-0.4, -0.2) is 62.8 Å². The third kappa shape index (κ3) is 5.03. The van der Waals surface area contributed by atoms with Crippen LogP contribution >= 0.6 is 11.8 Å². The quantitative estimate of drug-likeness (QED) is 0.715. The van der Waals surface area contributed by atoms with Crippen molar-refractivity contribution in [3.63, 3.8) is 0 Å². The lowest BCUT2D eigenvalue weighted by atomic mass is 9.92. The van der Waals surface area contributed by atoms with E-state index in [1.807, 2.05) is 20.1 Å². The average Bonchev–Trinajstić information content (AvgIpc) is 3.04. The molecule has 0 bridgehead atoms. The molecule has 0 aliphatic carbocycles. The molecule has 0 aromatic carbocycles. The van der Waals surface area contributed by atoms with Crippen molar-refractivity contribution in [2.24, 2.45) is 11.8 Å². The van der Waals surface area contributed by atoms with Crippen molar-refractivity contribution in [2.75, 3.05) is 32.4 Å². The van der Waals surface area contributed by atoms with Crippen molar-refractivity contribution >= 4 is 23.4 Å². The lowest BCUT2D eigenvalue weighted by Crippen LogP contribution is -2.42. The predicted molar refractivity (Wildman–Crippen MR) is 113 cm³/mol. The zero-order valence-corrected chi connectivity index (χ0v) is 18.5. The summed E-state index contributed by atoms with van der Waals surface area (Å²) in [5.74, 6) is 2.21. The maximum Gasteiger partial charge on any atom is 0.253 e. The van der Waals surface area contributed by atoms with Gasteiger partial charge in [-0.1, -0.05) is 25.6 Å². The number of fused-ring (bicyclic) bond motifs is 1. The van der Waals surface area contributed by atoms with Crippen molar-refractivity contribution in [3.8, 4) is 0 Å². The van der Waals surface area contributed by atoms with Crippen LogP contribution in [0.1, 0.15) is 43.6 Å². The minimum atomic E-state index is 0.0976. The van der Waals surface area contributed by atoms with Crippen LogP contribution in [0, 0.1) is 25.7 Å². The summed E-state index contributed by atoms with van der Waals surface area (Å²) in [6.07, 6.45) is 4.39. The van der Waals surface area contributed by atoms with Crippen molar-refractivity contribution in [1.82, 2.24) is 29.8 Å². The number of amides is 1. The van der Waals surface area contributed by atoms with Gasteiger partial charge in [0.25, 0.3) is 5.78 Å². The minimum absolute atomic E-state index is 0.0976. The third-order valence-corrected chi connectivity index (χ3v) is 6.05. The highest BCUT2D eigenvalue weighted by atomic mass is 32.2. The van der Waals surface area contributed by atoms with Gasteiger partial charge in [0.2, 0.25) is 11.1 Å². The van der Waals surface area contributed by atoms with Gasteiger partial charge >= 0.3 is 0 Å². The molecular weight excluding hydrogens is 372 g/mol. The Balaban J connectivity index is 1.51. The second kappa shape index (κ2) is 9.22. The number of carbonyl (C=O) groups is 1. The molecule has 8 heteroatoms. The summed E-state index contributed by atoms with van der Waals surface area (Å²) in [6.45, 7) is 12.6. The maximum atomic E-state index is 12.3. The van der Waals surface area contributed by atoms with Crippen LogP contribution in [-0.2, 0) is 11.2 Å². The maximum absolute atomic E-state index is 12.3. The fraction of sp³-hybridized carbons (Fsp3) is 0.700. The number of likely N-dealkylation sites (tertiary alicyclic amines) is 1. The monoisotopic (exact) mass is 404 g/mol. The number of hydrogen-bond acceptors (Lipinski definition) is 6. The molecule has 1 fully saturated rings. The Bertz CT molecular complexity index is 826. The van der Waals surface area contributed by atoms with E-state index in [1.54, 1.807) is 4.52 Å². The lowest BCUT2D eigenvalue weighted by molar-refractivity contribution is -0.121. The van der Waals surface area contributed by atoms with Crippen molar-refractivity contribution in [2.45, 2.75) is 52.1 Å². The number of aryl methyl sites for hydroxylation is 2. The normalized spacial score (nSPS) is 20.6. The van der Waals surface area contributed by atoms with Gasteiger partial charge in [-0.3, -0.25) is 4.79 Å². The van der Waals surface area contributed by atoms with E-state index in [2.05, 4.69) is 39.1 Å². The molecule has 7 nitrogen and oxygen atoms in total. The Hall–Kier alpha value is -1.67. The Morgan fingerprint density at radius 2 is 1.93 bits per heavy atom. The Morgan fingerprint density at radius 1 is 1.21 bits per heavy atom. The first-order valence-corrected chi connectivity index (χ1v) is 11.4. The van der Waals surface area contributed by atoms with Gasteiger partial charge in [0.05, 0.1) is 0 Å². The molecule has 0 saturated carbocycles. The summed E-state index contributed by atoms with van der Waals surface area (Å²) in [7, 11) is 0. The summed E-state index contributed by atoms with van der Waals surface area (Å²) in [6, 6.07) is 0. The van der Waals surface area contributed by atoms with Crippen LogP contribution in [0.15, 0.2) is 5.16 Å². The third-order valence-electron chi connectivity index (χ3n) is 5.51. The molecule has 0 spiro atoms. The molecule has 28 heavy (non-hydrogen) atoms. The van der Waals surface area contributed by atoms with Gasteiger partial charge in [-0.05, 0) is 50.3 Å². The van der Waals surface area contributed by atoms with Gasteiger partial charge in [-0.25, -0.2) is 9.50 Å². The number of nitrogens with zero attached hydrogens (tertiary/aromatic N) is 5. The molecule has 2 aromatic heterocycles. The second-order valence-corrected chi connectivity index (χ2v) is 8.90. The number of nitrogens with one attached hydrogen (secondary N) is 1. The number of rotatable bonds is 7. The van der Waals surface area contributed by atoms with Gasteiger partial charge in [0.1, 0.15) is 0 Å². The van der Waals surface area contributed by atoms with E-state index in [0.717, 1.165) is 48.4 Å². The van der Waals surface area contributed by atoms with Gasteiger partial charge in [0.15, 0.2) is 0 Å². The Morgan fingerprint density at radius 3 is 2.61 bits per heavy atom. The number of thioether (sulfide) groups is 1. The molecule has 1 N–H and O–H groups in total. The van der Waals surface area contributed by atoms with Crippen LogP contribution in [0.3, 0.4) is 0 Å². The minimum Gasteiger partial charge on any atom is -0.355 e. The van der Waals surface area contributed by atoms with E-state index >= 15 is 0 Å². The molecule has 0 unspecified atom stereocenters. The topological polar surface area (TPSA) is 75.4 Å². The molecule has 1 aliphatic heterocycles. The summed E-state index contributed by atoms with van der Waals surface area (Å²) in [5, 5.41) is 8.27. The van der Waals surface area contributed by atoms with Crippen LogP contribution < -0.4 is 5.32 Å². The fourth-order valence-corrected chi connectivity index (χ4v) is 4.63. The van der Waals surface area contributed by atoms with E-state index in [9.17, 15) is 4.79 Å². The first-order chi connectivity index (χ1) is 13.4. The molecule has 1 saturated heterocycles. The summed E-state index contributed by atoms with van der Waals surface area (Å²) >= 11 is 1.50. The van der Waals surface area contributed by atoms with Crippen molar-refractivity contribution in [1.29, 1.82) is 0 Å². The number of piperidine rings is 1. The van der Waals surface area contributed by atoms with Crippen LogP contribution in [0.25, 0.3) is 5.78 Å². The van der Waals surface area contributed by atoms with E-state index in [4.69, 9.17) is 0 Å². The van der Waals surface area contributed by atoms with E-state index < -0.39 is 0 Å². The van der Waals surface area contributed by atoms with E-state index in [1.165, 1.54) is 18.2 Å². The Labute approximate surface area is 171 Å². The average molecular weight is 405 g/mol. The first kappa shape index (κ1) is 21.0. The van der Waals surface area contributed by atoms with Gasteiger partial charge in [0, 0.05) is 44.0 Å². The zero-order valence-electron chi connectivity index (χ0n) is 17.7. The molecule has 0 radical (unpaired) electrons. The summed E-state index contributed by atoms with van der Waals surface area (Å²) in [5.41, 5.74) is 3.02. The highest BCUT2D eigenvalue weighted by Gasteiger charge is 2.21. The summed E-state index contributed by atoms with van der Waals surface area (Å²) < 4.78 is 1.78. The molecule has 1 amide bonds. The largest absolute Gasteiger partial charge is 0.355 e. The Kier molecular flexibility index (Phi) is 6.93. The molecule has 1 aliphatic rings. The van der Waals surface area contributed by atoms with Crippen LogP contribution in [0.2, 0.25) is 0 Å². The van der Waals surface area contributed by atoms with E-state index in [-0.39, 0.29) is 5.91 Å². The van der Waals surface area contributed by atoms with Crippen LogP contribution in [0.5, 0.6) is 0 Å². The molecular formula is C20H32N6OS. The molecule has 3 rings (SSSR count). The number of aromatic nitrogens is 4. The number of carbonyl (C=O) groups excluding carboxylic acids is 1. The summed E-state index contributed by atoms with van der Waals surface area (Å²) in [4.78, 5) is 23.8. The highest BCUT2D eigenvalue weighted by molar-refractivity contribution is 7.98. The molecule has 2 aromatic rings. The van der Waals surface area contributed by atoms with Crippen molar-refractivity contribution in [3.05, 3.63) is 17.0 Å². The second-order valence-electron chi connectivity index (χ2n) is 8.13. The number of hydrogen-bond donors (Lipinski definition) is 1. The van der Waals surface area contributed by atoms with Gasteiger partial charge < -0.3 is 10.2 Å². The smallest absolute Gasteiger partial charge is 0.253 e. The molecule has 3 heterocycles. The predicted octanol–water partition coefficient (Wildman–Crippen LogP) is 2.49. The zero-order chi connectivity index (χ0) is 20.3. The highest BCUT2D eigenvalue weighted by Crippen LogP contribution is 2.20. The van der Waals surface area contributed by atoms with Crippen LogP contribution in [0.4, 0.5) is 0 Å². The molecule has 154 valence electrons. The first-order valence-electron chi connectivity index (χ1n) is 10.1. The molecule has 2 atom stereocenters. The van der Waals surface area contributed by atoms with Crippen molar-refractivity contribution < 1.29 is 4.79 Å². The standard InChI is InChI=1S/C20H32N6OS/c1-13-10-14(2)12-25(11-13)9-8-21-18(27)7-6-17-15(3)22-19-23-20(28-5)24-26(19)16(17)4/h13-14H,6-12H2,1-5H3,(H,21,27)/t13-,14-/m0/s1. The van der Waals surface area contributed by atoms with Gasteiger partial charge in [-0.15, -0.1) is 5.10 Å². The van der Waals surface area contributed by atoms with E-state index in [0.29, 0.717) is 30.3 Å².